The summed E-state index contributed by atoms with van der Waals surface area (Å²) < 4.78 is 12.1. The second-order valence-corrected chi connectivity index (χ2v) is 7.40. The molecule has 7 nitrogen and oxygen atoms in total. The Morgan fingerprint density at radius 1 is 1.42 bits per heavy atom. The number of carbonyl (C=O) groups excluding carboxylic acids is 1. The Bertz CT molecular complexity index is 878. The molecule has 1 aromatic heterocycles. The average molecular weight is 353 g/mol. The van der Waals surface area contributed by atoms with Gasteiger partial charge in [-0.3, -0.25) is 9.36 Å². The van der Waals surface area contributed by atoms with E-state index in [1.165, 1.54) is 4.57 Å². The van der Waals surface area contributed by atoms with Crippen LogP contribution in [0, 0.1) is 0 Å². The zero-order valence-electron chi connectivity index (χ0n) is 13.1. The normalized spacial score (nSPS) is 25.4. The standard InChI is InChI=1S/C16H17ClN2O5/c1-15(22)6-16(23-9-15)7-18(8-16)13(20)5-19-11-3-2-10(17)4-12(11)24-14(19)21/h2-4,22H,5-9H2,1H3. The first kappa shape index (κ1) is 15.7. The van der Waals surface area contributed by atoms with Crippen LogP contribution in [0.4, 0.5) is 0 Å². The summed E-state index contributed by atoms with van der Waals surface area (Å²) in [5.41, 5.74) is -0.397. The third-order valence-electron chi connectivity index (χ3n) is 4.63. The Balaban J connectivity index is 1.48. The van der Waals surface area contributed by atoms with Crippen molar-refractivity contribution < 1.29 is 19.1 Å². The minimum Gasteiger partial charge on any atom is -0.408 e. The molecule has 2 aliphatic rings. The Hall–Kier alpha value is -1.83. The highest BCUT2D eigenvalue weighted by atomic mass is 35.5. The van der Waals surface area contributed by atoms with Crippen molar-refractivity contribution in [3.8, 4) is 0 Å². The van der Waals surface area contributed by atoms with E-state index in [4.69, 9.17) is 20.8 Å². The van der Waals surface area contributed by atoms with Crippen LogP contribution in [-0.2, 0) is 16.1 Å². The number of nitrogens with zero attached hydrogens (tertiary/aromatic N) is 2. The highest BCUT2D eigenvalue weighted by molar-refractivity contribution is 6.31. The van der Waals surface area contributed by atoms with Crippen LogP contribution < -0.4 is 5.76 Å². The maximum atomic E-state index is 12.4. The Labute approximate surface area is 142 Å². The predicted molar refractivity (Wildman–Crippen MR) is 86.0 cm³/mol. The number of ether oxygens (including phenoxy) is 1. The number of carbonyl (C=O) groups is 1. The number of fused-ring (bicyclic) bond motifs is 1. The Morgan fingerprint density at radius 2 is 2.17 bits per heavy atom. The van der Waals surface area contributed by atoms with Gasteiger partial charge in [0.05, 0.1) is 30.8 Å². The molecule has 1 unspecified atom stereocenters. The summed E-state index contributed by atoms with van der Waals surface area (Å²) in [5, 5.41) is 10.5. The van der Waals surface area contributed by atoms with Gasteiger partial charge in [0.25, 0.3) is 0 Å². The molecule has 1 spiro atoms. The predicted octanol–water partition coefficient (Wildman–Crippen LogP) is 1.00. The van der Waals surface area contributed by atoms with Crippen molar-refractivity contribution >= 4 is 28.6 Å². The molecular formula is C16H17ClN2O5. The molecule has 4 rings (SSSR count). The van der Waals surface area contributed by atoms with Gasteiger partial charge in [0.2, 0.25) is 5.91 Å². The summed E-state index contributed by atoms with van der Waals surface area (Å²) in [6.07, 6.45) is 0.511. The molecule has 8 heteroatoms. The van der Waals surface area contributed by atoms with E-state index in [9.17, 15) is 14.7 Å². The van der Waals surface area contributed by atoms with Crippen LogP contribution in [0.15, 0.2) is 27.4 Å². The number of rotatable bonds is 2. The van der Waals surface area contributed by atoms with Crippen LogP contribution in [0.3, 0.4) is 0 Å². The van der Waals surface area contributed by atoms with Crippen molar-refractivity contribution in [2.24, 2.45) is 0 Å². The van der Waals surface area contributed by atoms with Crippen molar-refractivity contribution in [3.05, 3.63) is 33.8 Å². The summed E-state index contributed by atoms with van der Waals surface area (Å²) in [4.78, 5) is 26.0. The Kier molecular flexibility index (Phi) is 3.32. The minimum atomic E-state index is -0.841. The van der Waals surface area contributed by atoms with E-state index in [1.54, 1.807) is 30.0 Å². The number of aromatic nitrogens is 1. The maximum Gasteiger partial charge on any atom is 0.420 e. The third kappa shape index (κ3) is 2.53. The van der Waals surface area contributed by atoms with Crippen LogP contribution in [0.5, 0.6) is 0 Å². The van der Waals surface area contributed by atoms with E-state index < -0.39 is 17.0 Å². The molecule has 3 heterocycles. The maximum absolute atomic E-state index is 12.4. The zero-order chi connectivity index (χ0) is 17.1. The monoisotopic (exact) mass is 352 g/mol. The van der Waals surface area contributed by atoms with E-state index >= 15 is 0 Å². The molecule has 1 atom stereocenters. The van der Waals surface area contributed by atoms with Crippen LogP contribution >= 0.6 is 11.6 Å². The van der Waals surface area contributed by atoms with Gasteiger partial charge in [-0.15, -0.1) is 0 Å². The first-order chi connectivity index (χ1) is 11.3. The van der Waals surface area contributed by atoms with Crippen LogP contribution in [0.2, 0.25) is 5.02 Å². The molecule has 0 saturated carbocycles. The quantitative estimate of drug-likeness (QED) is 0.871. The van der Waals surface area contributed by atoms with E-state index in [0.717, 1.165) is 0 Å². The van der Waals surface area contributed by atoms with E-state index in [2.05, 4.69) is 0 Å². The summed E-state index contributed by atoms with van der Waals surface area (Å²) >= 11 is 5.88. The number of halogens is 1. The van der Waals surface area contributed by atoms with Crippen molar-refractivity contribution in [2.75, 3.05) is 19.7 Å². The lowest BCUT2D eigenvalue weighted by molar-refractivity contribution is -0.158. The fourth-order valence-corrected chi connectivity index (χ4v) is 3.72. The molecule has 0 bridgehead atoms. The van der Waals surface area contributed by atoms with E-state index in [0.29, 0.717) is 35.6 Å². The minimum absolute atomic E-state index is 0.0973. The number of oxazole rings is 1. The number of benzene rings is 1. The van der Waals surface area contributed by atoms with Gasteiger partial charge in [-0.05, 0) is 19.1 Å². The second kappa shape index (κ2) is 5.08. The fraction of sp³-hybridized carbons (Fsp3) is 0.500. The van der Waals surface area contributed by atoms with Crippen molar-refractivity contribution in [3.63, 3.8) is 0 Å². The van der Waals surface area contributed by atoms with Gasteiger partial charge >= 0.3 is 5.76 Å². The van der Waals surface area contributed by atoms with Crippen LogP contribution in [0.1, 0.15) is 13.3 Å². The molecule has 24 heavy (non-hydrogen) atoms. The third-order valence-corrected chi connectivity index (χ3v) is 4.86. The Morgan fingerprint density at radius 3 is 2.83 bits per heavy atom. The summed E-state index contributed by atoms with van der Waals surface area (Å²) in [7, 11) is 0. The SMILES string of the molecule is CC1(O)COC2(CN(C(=O)Cn3c(=O)oc4cc(Cl)ccc43)C2)C1. The van der Waals surface area contributed by atoms with Crippen molar-refractivity contribution in [1.29, 1.82) is 0 Å². The van der Waals surface area contributed by atoms with Crippen molar-refractivity contribution in [2.45, 2.75) is 31.1 Å². The molecular weight excluding hydrogens is 336 g/mol. The molecule has 0 aliphatic carbocycles. The highest BCUT2D eigenvalue weighted by Crippen LogP contribution is 2.39. The second-order valence-electron chi connectivity index (χ2n) is 6.96. The van der Waals surface area contributed by atoms with Crippen LogP contribution in [0.25, 0.3) is 11.1 Å². The summed E-state index contributed by atoms with van der Waals surface area (Å²) in [6.45, 7) is 2.77. The van der Waals surface area contributed by atoms with Gasteiger partial charge in [-0.2, -0.15) is 0 Å². The first-order valence-electron chi connectivity index (χ1n) is 7.70. The number of aliphatic hydroxyl groups is 1. The number of amides is 1. The van der Waals surface area contributed by atoms with E-state index in [-0.39, 0.29) is 19.1 Å². The van der Waals surface area contributed by atoms with Crippen molar-refractivity contribution in [1.82, 2.24) is 9.47 Å². The molecule has 2 aromatic rings. The molecule has 0 radical (unpaired) electrons. The topological polar surface area (TPSA) is 84.9 Å². The summed E-state index contributed by atoms with van der Waals surface area (Å²) in [6, 6.07) is 4.85. The van der Waals surface area contributed by atoms with Crippen LogP contribution in [-0.4, -0.2) is 51.4 Å². The highest BCUT2D eigenvalue weighted by Gasteiger charge is 2.54. The van der Waals surface area contributed by atoms with Gasteiger partial charge in [-0.1, -0.05) is 11.6 Å². The fourth-order valence-electron chi connectivity index (χ4n) is 3.56. The number of hydrogen-bond acceptors (Lipinski definition) is 5. The van der Waals surface area contributed by atoms with Gasteiger partial charge in [-0.25, -0.2) is 4.79 Å². The smallest absolute Gasteiger partial charge is 0.408 e. The van der Waals surface area contributed by atoms with Gasteiger partial charge in [0, 0.05) is 17.5 Å². The number of likely N-dealkylation sites (tertiary alicyclic amines) is 1. The molecule has 1 amide bonds. The van der Waals surface area contributed by atoms with Gasteiger partial charge in [0.1, 0.15) is 12.1 Å². The zero-order valence-corrected chi connectivity index (χ0v) is 13.9. The molecule has 1 N–H and O–H groups in total. The first-order valence-corrected chi connectivity index (χ1v) is 8.08. The average Bonchev–Trinajstić information content (AvgIpc) is 2.94. The molecule has 1 aromatic carbocycles. The lowest BCUT2D eigenvalue weighted by Gasteiger charge is -2.47. The van der Waals surface area contributed by atoms with E-state index in [1.807, 2.05) is 0 Å². The number of hydrogen-bond donors (Lipinski definition) is 1. The largest absolute Gasteiger partial charge is 0.420 e. The van der Waals surface area contributed by atoms with Gasteiger partial charge < -0.3 is 19.2 Å². The molecule has 2 saturated heterocycles. The van der Waals surface area contributed by atoms with Gasteiger partial charge in [0.15, 0.2) is 5.58 Å². The molecule has 2 fully saturated rings. The molecule has 2 aliphatic heterocycles. The summed E-state index contributed by atoms with van der Waals surface area (Å²) in [5.74, 6) is -0.772. The lowest BCUT2D eigenvalue weighted by atomic mass is 9.86. The lowest BCUT2D eigenvalue weighted by Crippen LogP contribution is -2.64. The molecule has 128 valence electrons.